The van der Waals surface area contributed by atoms with Crippen molar-refractivity contribution in [2.75, 3.05) is 26.2 Å². The number of methoxy groups -OCH3 is 3. The Morgan fingerprint density at radius 2 is 1.15 bits per heavy atom. The Balaban J connectivity index is 1.70. The maximum Gasteiger partial charge on any atom is 0.264 e. The predicted octanol–water partition coefficient (Wildman–Crippen LogP) is 7.39. The number of rotatable bonds is 6. The molecule has 5 rings (SSSR count). The van der Waals surface area contributed by atoms with Crippen molar-refractivity contribution in [3.63, 3.8) is 0 Å². The fourth-order valence-corrected chi connectivity index (χ4v) is 6.18. The molecular formula is C26H16Cl6N2O6. The van der Waals surface area contributed by atoms with Gasteiger partial charge in [0.15, 0.2) is 11.5 Å². The average molecular weight is 665 g/mol. The van der Waals surface area contributed by atoms with E-state index in [0.29, 0.717) is 17.0 Å². The summed E-state index contributed by atoms with van der Waals surface area (Å²) in [4.78, 5) is 43.3. The first-order chi connectivity index (χ1) is 19.0. The quantitative estimate of drug-likeness (QED) is 0.118. The molecule has 0 N–H and O–H groups in total. The maximum atomic E-state index is 13.8. The zero-order valence-electron chi connectivity index (χ0n) is 20.7. The van der Waals surface area contributed by atoms with E-state index in [1.807, 2.05) is 0 Å². The van der Waals surface area contributed by atoms with Crippen LogP contribution < -0.4 is 19.1 Å². The van der Waals surface area contributed by atoms with E-state index in [1.165, 1.54) is 38.4 Å². The third-order valence-corrected chi connectivity index (χ3v) is 9.23. The molecule has 3 amide bonds. The number of β-lactam (4-membered cyclic amide) rings is 1. The van der Waals surface area contributed by atoms with Gasteiger partial charge in [0.1, 0.15) is 6.04 Å². The lowest BCUT2D eigenvalue weighted by molar-refractivity contribution is -0.130. The molecule has 0 spiro atoms. The SMILES string of the molecule is COc1cc([C@@H]2[C@H](N3C(=O)c4c(Cl)c(Cl)c(Cl)c(Cl)c4C3=O)C(=O)N2c2ccc(Cl)c(Cl)c2)cc(OC)c1OC. The van der Waals surface area contributed by atoms with E-state index in [4.69, 9.17) is 83.8 Å². The summed E-state index contributed by atoms with van der Waals surface area (Å²) < 4.78 is 16.4. The van der Waals surface area contributed by atoms with Crippen LogP contribution in [0.15, 0.2) is 30.3 Å². The minimum atomic E-state index is -1.32. The van der Waals surface area contributed by atoms with Crippen molar-refractivity contribution in [3.8, 4) is 17.2 Å². The molecule has 2 heterocycles. The summed E-state index contributed by atoms with van der Waals surface area (Å²) in [5.74, 6) is -1.41. The fourth-order valence-electron chi connectivity index (χ4n) is 4.87. The van der Waals surface area contributed by atoms with Gasteiger partial charge in [-0.1, -0.05) is 69.6 Å². The number of hydrogen-bond donors (Lipinski definition) is 0. The number of hydrogen-bond acceptors (Lipinski definition) is 6. The first kappa shape index (κ1) is 28.9. The lowest BCUT2D eigenvalue weighted by Crippen LogP contribution is -2.67. The molecule has 2 aliphatic rings. The summed E-state index contributed by atoms with van der Waals surface area (Å²) in [7, 11) is 4.31. The number of halogens is 6. The number of fused-ring (bicyclic) bond motifs is 1. The van der Waals surface area contributed by atoms with Crippen molar-refractivity contribution in [1.82, 2.24) is 4.90 Å². The standard InChI is InChI=1S/C26H16Cl6N2O6/c1-38-13-6-9(7-14(39-2)23(13)40-3)21-22(26(37)33(21)10-4-5-11(27)12(28)8-10)34-24(35)15-16(25(34)36)18(30)20(32)19(31)17(15)29/h4-8,21-22H,1-3H3/t21-,22+/m1/s1. The van der Waals surface area contributed by atoms with Crippen LogP contribution in [0.5, 0.6) is 17.2 Å². The third-order valence-electron chi connectivity index (χ3n) is 6.69. The molecule has 0 unspecified atom stereocenters. The number of amides is 3. The first-order valence-electron chi connectivity index (χ1n) is 11.3. The highest BCUT2D eigenvalue weighted by atomic mass is 35.5. The van der Waals surface area contributed by atoms with Crippen LogP contribution in [0.3, 0.4) is 0 Å². The van der Waals surface area contributed by atoms with E-state index in [0.717, 1.165) is 4.90 Å². The van der Waals surface area contributed by atoms with Crippen LogP contribution in [-0.4, -0.2) is 50.0 Å². The molecule has 1 fully saturated rings. The molecule has 3 aromatic carbocycles. The van der Waals surface area contributed by atoms with E-state index in [2.05, 4.69) is 0 Å². The molecular weight excluding hydrogens is 649 g/mol. The summed E-state index contributed by atoms with van der Waals surface area (Å²) in [6.45, 7) is 0. The van der Waals surface area contributed by atoms with Gasteiger partial charge in [0, 0.05) is 5.69 Å². The maximum absolute atomic E-state index is 13.8. The minimum Gasteiger partial charge on any atom is -0.493 e. The molecule has 0 saturated carbocycles. The molecule has 1 saturated heterocycles. The number of ether oxygens (including phenoxy) is 3. The van der Waals surface area contributed by atoms with Crippen molar-refractivity contribution in [3.05, 3.63) is 77.2 Å². The van der Waals surface area contributed by atoms with Gasteiger partial charge in [-0.3, -0.25) is 19.3 Å². The second-order valence-corrected chi connectivity index (χ2v) is 11.0. The van der Waals surface area contributed by atoms with E-state index >= 15 is 0 Å². The smallest absolute Gasteiger partial charge is 0.264 e. The van der Waals surface area contributed by atoms with Gasteiger partial charge in [-0.15, -0.1) is 0 Å². The van der Waals surface area contributed by atoms with Crippen LogP contribution in [0.2, 0.25) is 30.1 Å². The number of benzene rings is 3. The van der Waals surface area contributed by atoms with Crippen LogP contribution in [-0.2, 0) is 4.79 Å². The van der Waals surface area contributed by atoms with E-state index in [-0.39, 0.29) is 52.8 Å². The van der Waals surface area contributed by atoms with Gasteiger partial charge in [-0.05, 0) is 35.9 Å². The number of carbonyl (C=O) groups excluding carboxylic acids is 3. The van der Waals surface area contributed by atoms with Crippen LogP contribution >= 0.6 is 69.6 Å². The highest BCUT2D eigenvalue weighted by molar-refractivity contribution is 6.55. The molecule has 2 aliphatic heterocycles. The summed E-state index contributed by atoms with van der Waals surface area (Å²) in [5.41, 5.74) is 0.342. The zero-order valence-corrected chi connectivity index (χ0v) is 25.2. The van der Waals surface area contributed by atoms with Gasteiger partial charge in [-0.2, -0.15) is 0 Å². The van der Waals surface area contributed by atoms with Crippen molar-refractivity contribution in [2.45, 2.75) is 12.1 Å². The van der Waals surface area contributed by atoms with Crippen molar-refractivity contribution in [1.29, 1.82) is 0 Å². The predicted molar refractivity (Wildman–Crippen MR) is 154 cm³/mol. The largest absolute Gasteiger partial charge is 0.493 e. The number of anilines is 1. The molecule has 3 aromatic rings. The lowest BCUT2D eigenvalue weighted by atomic mass is 9.86. The van der Waals surface area contributed by atoms with Crippen LogP contribution in [0.1, 0.15) is 32.3 Å². The monoisotopic (exact) mass is 662 g/mol. The Morgan fingerprint density at radius 3 is 1.60 bits per heavy atom. The molecule has 14 heteroatoms. The Labute approximate surface area is 258 Å². The van der Waals surface area contributed by atoms with Gasteiger partial charge < -0.3 is 19.1 Å². The topological polar surface area (TPSA) is 85.4 Å². The van der Waals surface area contributed by atoms with Gasteiger partial charge >= 0.3 is 0 Å². The van der Waals surface area contributed by atoms with Crippen molar-refractivity contribution >= 4 is 93.0 Å². The minimum absolute atomic E-state index is 0.186. The van der Waals surface area contributed by atoms with Crippen molar-refractivity contribution in [2.24, 2.45) is 0 Å². The molecule has 0 radical (unpaired) electrons. The van der Waals surface area contributed by atoms with Gasteiger partial charge in [-0.25, -0.2) is 0 Å². The average Bonchev–Trinajstić information content (AvgIpc) is 3.19. The zero-order chi connectivity index (χ0) is 29.2. The molecule has 208 valence electrons. The normalized spacial score (nSPS) is 18.2. The summed E-state index contributed by atoms with van der Waals surface area (Å²) >= 11 is 37.3. The molecule has 40 heavy (non-hydrogen) atoms. The van der Waals surface area contributed by atoms with Crippen molar-refractivity contribution < 1.29 is 28.6 Å². The molecule has 0 aliphatic carbocycles. The Bertz CT molecular complexity index is 1560. The van der Waals surface area contributed by atoms with E-state index in [1.54, 1.807) is 18.2 Å². The van der Waals surface area contributed by atoms with Gasteiger partial charge in [0.05, 0.1) is 68.6 Å². The highest BCUT2D eigenvalue weighted by Crippen LogP contribution is 2.51. The van der Waals surface area contributed by atoms with E-state index in [9.17, 15) is 14.4 Å². The van der Waals surface area contributed by atoms with Crippen LogP contribution in [0, 0.1) is 0 Å². The molecule has 2 atom stereocenters. The van der Waals surface area contributed by atoms with Gasteiger partial charge in [0.2, 0.25) is 5.75 Å². The molecule has 0 bridgehead atoms. The number of imide groups is 1. The van der Waals surface area contributed by atoms with E-state index < -0.39 is 29.8 Å². The summed E-state index contributed by atoms with van der Waals surface area (Å²) in [6, 6.07) is 5.58. The van der Waals surface area contributed by atoms with Gasteiger partial charge in [0.25, 0.3) is 17.7 Å². The third kappa shape index (κ3) is 4.16. The highest BCUT2D eigenvalue weighted by Gasteiger charge is 2.58. The Kier molecular flexibility index (Phi) is 7.72. The summed E-state index contributed by atoms with van der Waals surface area (Å²) in [6.07, 6.45) is 0. The first-order valence-corrected chi connectivity index (χ1v) is 13.6. The fraction of sp³-hybridized carbons (Fsp3) is 0.192. The number of carbonyl (C=O) groups is 3. The Morgan fingerprint density at radius 1 is 0.625 bits per heavy atom. The van der Waals surface area contributed by atoms with Crippen LogP contribution in [0.25, 0.3) is 0 Å². The van der Waals surface area contributed by atoms with Crippen LogP contribution in [0.4, 0.5) is 5.69 Å². The Hall–Kier alpha value is -2.59. The number of nitrogens with zero attached hydrogens (tertiary/aromatic N) is 2. The second kappa shape index (κ2) is 10.7. The lowest BCUT2D eigenvalue weighted by Gasteiger charge is -2.50. The summed E-state index contributed by atoms with van der Waals surface area (Å²) in [5, 5.41) is -0.392. The molecule has 8 nitrogen and oxygen atoms in total. The second-order valence-electron chi connectivity index (χ2n) is 8.64. The molecule has 0 aromatic heterocycles.